The standard InChI is InChI=1S/C26H37Cl2N3O3/c1-26(20-34-2)11-5-13-29(19-26)12-3-4-14-30-16-17-31(15-10-25(30)33)24(32)9-7-21-6-8-22(27)23(28)18-21/h6-9,18H,3-5,10-17,19-20H2,1-2H3/b9-7+. The molecule has 0 spiro atoms. The number of hydrogen-bond donors (Lipinski definition) is 0. The van der Waals surface area contributed by atoms with E-state index in [9.17, 15) is 9.59 Å². The summed E-state index contributed by atoms with van der Waals surface area (Å²) in [5, 5.41) is 0.938. The number of piperidine rings is 1. The first-order valence-electron chi connectivity index (χ1n) is 12.2. The number of carbonyl (C=O) groups excluding carboxylic acids is 2. The van der Waals surface area contributed by atoms with Crippen LogP contribution in [-0.4, -0.2) is 86.0 Å². The van der Waals surface area contributed by atoms with Gasteiger partial charge in [-0.15, -0.1) is 0 Å². The Bertz CT molecular complexity index is 875. The number of hydrogen-bond acceptors (Lipinski definition) is 4. The second kappa shape index (κ2) is 12.9. The van der Waals surface area contributed by atoms with Gasteiger partial charge in [0.05, 0.1) is 16.7 Å². The molecule has 0 aromatic heterocycles. The van der Waals surface area contributed by atoms with Gasteiger partial charge in [-0.1, -0.05) is 36.2 Å². The van der Waals surface area contributed by atoms with E-state index in [-0.39, 0.29) is 17.2 Å². The lowest BCUT2D eigenvalue weighted by Gasteiger charge is -2.40. The van der Waals surface area contributed by atoms with Gasteiger partial charge < -0.3 is 19.4 Å². The lowest BCUT2D eigenvalue weighted by Crippen LogP contribution is -2.44. The monoisotopic (exact) mass is 509 g/mol. The summed E-state index contributed by atoms with van der Waals surface area (Å²) >= 11 is 12.0. The number of unbranched alkanes of at least 4 members (excludes halogenated alkanes) is 1. The zero-order chi connectivity index (χ0) is 24.6. The number of likely N-dealkylation sites (tertiary alicyclic amines) is 1. The van der Waals surface area contributed by atoms with Gasteiger partial charge in [0.25, 0.3) is 0 Å². The van der Waals surface area contributed by atoms with Crippen LogP contribution in [0.1, 0.15) is 44.6 Å². The smallest absolute Gasteiger partial charge is 0.246 e. The van der Waals surface area contributed by atoms with Crippen LogP contribution < -0.4 is 0 Å². The number of carbonyl (C=O) groups is 2. The van der Waals surface area contributed by atoms with E-state index < -0.39 is 0 Å². The molecule has 2 aliphatic heterocycles. The molecule has 0 bridgehead atoms. The Morgan fingerprint density at radius 1 is 1.12 bits per heavy atom. The number of ether oxygens (including phenoxy) is 1. The number of rotatable bonds is 9. The fraction of sp³-hybridized carbons (Fsp3) is 0.615. The Morgan fingerprint density at radius 3 is 2.68 bits per heavy atom. The van der Waals surface area contributed by atoms with Crippen LogP contribution in [0.4, 0.5) is 0 Å². The van der Waals surface area contributed by atoms with E-state index >= 15 is 0 Å². The summed E-state index contributed by atoms with van der Waals surface area (Å²) in [4.78, 5) is 31.5. The Kier molecular flexibility index (Phi) is 10.3. The first kappa shape index (κ1) is 27.0. The number of nitrogens with zero attached hydrogens (tertiary/aromatic N) is 3. The second-order valence-corrected chi connectivity index (χ2v) is 10.6. The van der Waals surface area contributed by atoms with Crippen molar-refractivity contribution >= 4 is 41.1 Å². The van der Waals surface area contributed by atoms with Crippen molar-refractivity contribution in [2.75, 3.05) is 59.5 Å². The molecule has 0 aliphatic carbocycles. The van der Waals surface area contributed by atoms with Gasteiger partial charge in [0.2, 0.25) is 11.8 Å². The summed E-state index contributed by atoms with van der Waals surface area (Å²) in [6, 6.07) is 5.25. The summed E-state index contributed by atoms with van der Waals surface area (Å²) in [5.41, 5.74) is 1.06. The molecular formula is C26H37Cl2N3O3. The van der Waals surface area contributed by atoms with Crippen molar-refractivity contribution in [1.29, 1.82) is 0 Å². The lowest BCUT2D eigenvalue weighted by atomic mass is 9.82. The first-order chi connectivity index (χ1) is 16.3. The van der Waals surface area contributed by atoms with Crippen LogP contribution in [-0.2, 0) is 14.3 Å². The second-order valence-electron chi connectivity index (χ2n) is 9.79. The molecule has 0 saturated carbocycles. The summed E-state index contributed by atoms with van der Waals surface area (Å²) in [6.45, 7) is 8.75. The maximum absolute atomic E-state index is 12.7. The molecule has 2 fully saturated rings. The molecule has 1 aromatic carbocycles. The van der Waals surface area contributed by atoms with Crippen LogP contribution in [0.25, 0.3) is 6.08 Å². The molecule has 1 unspecified atom stereocenters. The third-order valence-electron chi connectivity index (χ3n) is 6.77. The van der Waals surface area contributed by atoms with Crippen LogP contribution in [0, 0.1) is 5.41 Å². The molecule has 1 aromatic rings. The minimum Gasteiger partial charge on any atom is -0.384 e. The lowest BCUT2D eigenvalue weighted by molar-refractivity contribution is -0.130. The Balaban J connectivity index is 1.41. The molecule has 0 radical (unpaired) electrons. The highest BCUT2D eigenvalue weighted by Gasteiger charge is 2.30. The quantitative estimate of drug-likeness (QED) is 0.360. The number of benzene rings is 1. The van der Waals surface area contributed by atoms with Gasteiger partial charge >= 0.3 is 0 Å². The third kappa shape index (κ3) is 7.98. The molecule has 1 atom stereocenters. The zero-order valence-corrected chi connectivity index (χ0v) is 21.9. The van der Waals surface area contributed by atoms with Crippen LogP contribution in [0.3, 0.4) is 0 Å². The maximum Gasteiger partial charge on any atom is 0.246 e. The largest absolute Gasteiger partial charge is 0.384 e. The van der Waals surface area contributed by atoms with E-state index in [0.717, 1.165) is 51.2 Å². The van der Waals surface area contributed by atoms with Crippen molar-refractivity contribution in [3.05, 3.63) is 39.9 Å². The Labute approximate surface area is 213 Å². The molecule has 0 N–H and O–H groups in total. The zero-order valence-electron chi connectivity index (χ0n) is 20.4. The maximum atomic E-state index is 12.7. The van der Waals surface area contributed by atoms with Crippen molar-refractivity contribution in [2.24, 2.45) is 5.41 Å². The molecule has 34 heavy (non-hydrogen) atoms. The van der Waals surface area contributed by atoms with Gasteiger partial charge in [-0.25, -0.2) is 0 Å². The average Bonchev–Trinajstić information content (AvgIpc) is 2.99. The van der Waals surface area contributed by atoms with E-state index in [0.29, 0.717) is 36.1 Å². The topological polar surface area (TPSA) is 53.1 Å². The molecule has 3 rings (SSSR count). The predicted molar refractivity (Wildman–Crippen MR) is 138 cm³/mol. The fourth-order valence-electron chi connectivity index (χ4n) is 4.94. The van der Waals surface area contributed by atoms with Crippen molar-refractivity contribution in [1.82, 2.24) is 14.7 Å². The number of amides is 2. The summed E-state index contributed by atoms with van der Waals surface area (Å²) in [7, 11) is 1.78. The molecule has 2 aliphatic rings. The molecule has 2 saturated heterocycles. The minimum absolute atomic E-state index is 0.0927. The highest BCUT2D eigenvalue weighted by molar-refractivity contribution is 6.42. The van der Waals surface area contributed by atoms with Gasteiger partial charge in [-0.05, 0) is 62.5 Å². The summed E-state index contributed by atoms with van der Waals surface area (Å²) in [5.74, 6) is 0.0410. The van der Waals surface area contributed by atoms with Gasteiger partial charge in [0.1, 0.15) is 0 Å². The summed E-state index contributed by atoms with van der Waals surface area (Å²) < 4.78 is 5.42. The molecule has 188 valence electrons. The molecule has 2 amide bonds. The highest BCUT2D eigenvalue weighted by atomic mass is 35.5. The van der Waals surface area contributed by atoms with Crippen LogP contribution in [0.5, 0.6) is 0 Å². The molecular weight excluding hydrogens is 473 g/mol. The van der Waals surface area contributed by atoms with Gasteiger partial charge in [-0.3, -0.25) is 9.59 Å². The van der Waals surface area contributed by atoms with Crippen LogP contribution in [0.15, 0.2) is 24.3 Å². The normalized spacial score (nSPS) is 22.4. The van der Waals surface area contributed by atoms with E-state index in [2.05, 4.69) is 11.8 Å². The van der Waals surface area contributed by atoms with Crippen LogP contribution >= 0.6 is 23.2 Å². The van der Waals surface area contributed by atoms with Crippen molar-refractivity contribution in [3.63, 3.8) is 0 Å². The van der Waals surface area contributed by atoms with E-state index in [1.807, 2.05) is 11.0 Å². The average molecular weight is 511 g/mol. The SMILES string of the molecule is COCC1(C)CCCN(CCCCN2CCN(C(=O)/C=C/c3ccc(Cl)c(Cl)c3)CCC2=O)C1. The summed E-state index contributed by atoms with van der Waals surface area (Å²) in [6.07, 6.45) is 8.12. The third-order valence-corrected chi connectivity index (χ3v) is 7.51. The van der Waals surface area contributed by atoms with Crippen LogP contribution in [0.2, 0.25) is 10.0 Å². The predicted octanol–water partition coefficient (Wildman–Crippen LogP) is 4.60. The van der Waals surface area contributed by atoms with Crippen molar-refractivity contribution in [2.45, 2.75) is 39.0 Å². The number of methoxy groups -OCH3 is 1. The van der Waals surface area contributed by atoms with Crippen molar-refractivity contribution in [3.8, 4) is 0 Å². The van der Waals surface area contributed by atoms with Gasteiger partial charge in [-0.2, -0.15) is 0 Å². The molecule has 2 heterocycles. The molecule has 8 heteroatoms. The minimum atomic E-state index is -0.0927. The van der Waals surface area contributed by atoms with E-state index in [1.165, 1.54) is 18.9 Å². The van der Waals surface area contributed by atoms with E-state index in [4.69, 9.17) is 27.9 Å². The van der Waals surface area contributed by atoms with Gasteiger partial charge in [0.15, 0.2) is 0 Å². The number of halogens is 2. The van der Waals surface area contributed by atoms with Gasteiger partial charge in [0, 0.05) is 57.7 Å². The fourth-order valence-corrected chi connectivity index (χ4v) is 5.24. The van der Waals surface area contributed by atoms with E-state index in [1.54, 1.807) is 30.2 Å². The van der Waals surface area contributed by atoms with Crippen molar-refractivity contribution < 1.29 is 14.3 Å². The highest BCUT2D eigenvalue weighted by Crippen LogP contribution is 2.29. The Morgan fingerprint density at radius 2 is 1.91 bits per heavy atom. The Hall–Kier alpha value is -1.60. The molecule has 6 nitrogen and oxygen atoms in total. The first-order valence-corrected chi connectivity index (χ1v) is 13.0.